The molecule has 13 heavy (non-hydrogen) atoms. The molecule has 2 aromatic heterocycles. The van der Waals surface area contributed by atoms with Gasteiger partial charge in [-0.3, -0.25) is 0 Å². The van der Waals surface area contributed by atoms with Gasteiger partial charge in [0.1, 0.15) is 11.8 Å². The summed E-state index contributed by atoms with van der Waals surface area (Å²) in [7, 11) is 1.85. The molecule has 0 saturated heterocycles. The predicted octanol–water partition coefficient (Wildman–Crippen LogP) is 2.02. The molecule has 2 rings (SSSR count). The van der Waals surface area contributed by atoms with Crippen molar-refractivity contribution in [3.63, 3.8) is 0 Å². The second-order valence-electron chi connectivity index (χ2n) is 2.62. The number of aromatic nitrogens is 2. The van der Waals surface area contributed by atoms with Crippen molar-refractivity contribution in [2.75, 3.05) is 0 Å². The fraction of sp³-hybridized carbons (Fsp3) is 0.111. The summed E-state index contributed by atoms with van der Waals surface area (Å²) < 4.78 is 1.80. The van der Waals surface area contributed by atoms with Gasteiger partial charge < -0.3 is 4.57 Å². The molecule has 0 amide bonds. The average Bonchev–Trinajstić information content (AvgIpc) is 2.72. The number of imidazole rings is 1. The number of hydrogen-bond acceptors (Lipinski definition) is 3. The summed E-state index contributed by atoms with van der Waals surface area (Å²) in [5.41, 5.74) is 0.586. The molecule has 3 nitrogen and oxygen atoms in total. The summed E-state index contributed by atoms with van der Waals surface area (Å²) in [5.74, 6) is 0.853. The lowest BCUT2D eigenvalue weighted by molar-refractivity contribution is 0.910. The Hall–Kier alpha value is -1.60. The lowest BCUT2D eigenvalue weighted by atomic mass is 10.4. The molecule has 0 aliphatic heterocycles. The van der Waals surface area contributed by atoms with Gasteiger partial charge in [-0.2, -0.15) is 5.26 Å². The van der Waals surface area contributed by atoms with Crippen LogP contribution < -0.4 is 0 Å². The highest BCUT2D eigenvalue weighted by Gasteiger charge is 2.07. The smallest absolute Gasteiger partial charge is 0.150 e. The minimum atomic E-state index is 0.586. The molecule has 2 aromatic rings. The molecule has 0 aliphatic rings. The third-order valence-electron chi connectivity index (χ3n) is 1.84. The molecule has 0 N–H and O–H groups in total. The Morgan fingerprint density at radius 3 is 3.00 bits per heavy atom. The third-order valence-corrected chi connectivity index (χ3v) is 2.71. The molecule has 0 bridgehead atoms. The standard InChI is InChI=1S/C9H7N3S/c1-12-7(5-10)6-11-9(12)8-3-2-4-13-8/h2-4,6H,1H3. The molecular formula is C9H7N3S. The predicted molar refractivity (Wildman–Crippen MR) is 51.2 cm³/mol. The van der Waals surface area contributed by atoms with E-state index in [1.165, 1.54) is 0 Å². The SMILES string of the molecule is Cn1c(C#N)cnc1-c1cccs1. The molecule has 2 heterocycles. The zero-order chi connectivity index (χ0) is 9.26. The van der Waals surface area contributed by atoms with E-state index in [9.17, 15) is 0 Å². The van der Waals surface area contributed by atoms with E-state index in [1.807, 2.05) is 24.6 Å². The maximum Gasteiger partial charge on any atom is 0.150 e. The third kappa shape index (κ3) is 1.23. The Morgan fingerprint density at radius 1 is 1.62 bits per heavy atom. The summed E-state index contributed by atoms with van der Waals surface area (Å²) in [5, 5.41) is 10.7. The lowest BCUT2D eigenvalue weighted by Gasteiger charge is -1.97. The molecule has 0 aliphatic carbocycles. The highest BCUT2D eigenvalue weighted by atomic mass is 32.1. The fourth-order valence-electron chi connectivity index (χ4n) is 1.15. The van der Waals surface area contributed by atoms with Crippen molar-refractivity contribution in [2.45, 2.75) is 0 Å². The van der Waals surface area contributed by atoms with Crippen LogP contribution in [-0.2, 0) is 7.05 Å². The van der Waals surface area contributed by atoms with Crippen LogP contribution in [0.4, 0.5) is 0 Å². The van der Waals surface area contributed by atoms with E-state index < -0.39 is 0 Å². The number of nitriles is 1. The van der Waals surface area contributed by atoms with Crippen LogP contribution >= 0.6 is 11.3 Å². The molecule has 4 heteroatoms. The molecular weight excluding hydrogens is 182 g/mol. The Bertz CT molecular complexity index is 448. The molecule has 0 spiro atoms. The molecule has 0 radical (unpaired) electrons. The largest absolute Gasteiger partial charge is 0.318 e. The Kier molecular flexibility index (Phi) is 1.87. The highest BCUT2D eigenvalue weighted by Crippen LogP contribution is 2.23. The molecule has 0 saturated carbocycles. The van der Waals surface area contributed by atoms with Gasteiger partial charge in [0.2, 0.25) is 0 Å². The van der Waals surface area contributed by atoms with E-state index in [0.29, 0.717) is 5.69 Å². The van der Waals surface area contributed by atoms with Gasteiger partial charge in [0.05, 0.1) is 11.1 Å². The van der Waals surface area contributed by atoms with Crippen molar-refractivity contribution in [1.82, 2.24) is 9.55 Å². The fourth-order valence-corrected chi connectivity index (χ4v) is 1.90. The van der Waals surface area contributed by atoms with Gasteiger partial charge in [-0.25, -0.2) is 4.98 Å². The van der Waals surface area contributed by atoms with Gasteiger partial charge in [-0.15, -0.1) is 11.3 Å². The Morgan fingerprint density at radius 2 is 2.46 bits per heavy atom. The van der Waals surface area contributed by atoms with Crippen LogP contribution in [0, 0.1) is 11.3 Å². The summed E-state index contributed by atoms with van der Waals surface area (Å²) in [6.45, 7) is 0. The van der Waals surface area contributed by atoms with Crippen LogP contribution in [-0.4, -0.2) is 9.55 Å². The second kappa shape index (κ2) is 3.04. The molecule has 0 fully saturated rings. The van der Waals surface area contributed by atoms with Crippen LogP contribution in [0.15, 0.2) is 23.7 Å². The van der Waals surface area contributed by atoms with Crippen LogP contribution in [0.3, 0.4) is 0 Å². The van der Waals surface area contributed by atoms with Gasteiger partial charge in [0, 0.05) is 7.05 Å². The van der Waals surface area contributed by atoms with Crippen LogP contribution in [0.1, 0.15) is 5.69 Å². The lowest BCUT2D eigenvalue weighted by Crippen LogP contribution is -1.93. The number of nitrogens with zero attached hydrogens (tertiary/aromatic N) is 3. The Labute approximate surface area is 79.9 Å². The average molecular weight is 189 g/mol. The van der Waals surface area contributed by atoms with Gasteiger partial charge in [0.15, 0.2) is 5.82 Å². The summed E-state index contributed by atoms with van der Waals surface area (Å²) >= 11 is 1.62. The number of thiophene rings is 1. The summed E-state index contributed by atoms with van der Waals surface area (Å²) in [6.07, 6.45) is 1.59. The van der Waals surface area contributed by atoms with Gasteiger partial charge in [-0.05, 0) is 11.4 Å². The molecule has 0 atom stereocenters. The quantitative estimate of drug-likeness (QED) is 0.688. The van der Waals surface area contributed by atoms with Crippen molar-refractivity contribution >= 4 is 11.3 Å². The zero-order valence-corrected chi connectivity index (χ0v) is 7.88. The summed E-state index contributed by atoms with van der Waals surface area (Å²) in [6, 6.07) is 6.05. The van der Waals surface area contributed by atoms with Crippen LogP contribution in [0.2, 0.25) is 0 Å². The molecule has 0 aromatic carbocycles. The Balaban J connectivity index is 2.55. The topological polar surface area (TPSA) is 41.6 Å². The zero-order valence-electron chi connectivity index (χ0n) is 7.06. The van der Waals surface area contributed by atoms with E-state index in [0.717, 1.165) is 10.7 Å². The highest BCUT2D eigenvalue weighted by molar-refractivity contribution is 7.13. The van der Waals surface area contributed by atoms with E-state index in [-0.39, 0.29) is 0 Å². The van der Waals surface area contributed by atoms with Crippen molar-refractivity contribution in [3.05, 3.63) is 29.4 Å². The minimum absolute atomic E-state index is 0.586. The van der Waals surface area contributed by atoms with Crippen molar-refractivity contribution < 1.29 is 0 Å². The maximum absolute atomic E-state index is 8.72. The first kappa shape index (κ1) is 8.02. The normalized spacial score (nSPS) is 9.85. The van der Waals surface area contributed by atoms with E-state index in [2.05, 4.69) is 11.1 Å². The second-order valence-corrected chi connectivity index (χ2v) is 3.56. The first-order valence-corrected chi connectivity index (χ1v) is 4.66. The molecule has 64 valence electrons. The van der Waals surface area contributed by atoms with Crippen LogP contribution in [0.5, 0.6) is 0 Å². The first-order valence-electron chi connectivity index (χ1n) is 3.78. The van der Waals surface area contributed by atoms with Gasteiger partial charge >= 0.3 is 0 Å². The van der Waals surface area contributed by atoms with E-state index in [4.69, 9.17) is 5.26 Å². The van der Waals surface area contributed by atoms with Gasteiger partial charge in [-0.1, -0.05) is 6.07 Å². The minimum Gasteiger partial charge on any atom is -0.318 e. The summed E-state index contributed by atoms with van der Waals surface area (Å²) in [4.78, 5) is 5.27. The first-order chi connectivity index (χ1) is 6.33. The monoisotopic (exact) mass is 189 g/mol. The molecule has 0 unspecified atom stereocenters. The number of rotatable bonds is 1. The van der Waals surface area contributed by atoms with Crippen molar-refractivity contribution in [1.29, 1.82) is 5.26 Å². The maximum atomic E-state index is 8.72. The van der Waals surface area contributed by atoms with E-state index >= 15 is 0 Å². The van der Waals surface area contributed by atoms with Crippen molar-refractivity contribution in [2.24, 2.45) is 7.05 Å². The van der Waals surface area contributed by atoms with E-state index in [1.54, 1.807) is 22.1 Å². The van der Waals surface area contributed by atoms with Gasteiger partial charge in [0.25, 0.3) is 0 Å². The van der Waals surface area contributed by atoms with Crippen LogP contribution in [0.25, 0.3) is 10.7 Å². The number of hydrogen-bond donors (Lipinski definition) is 0. The van der Waals surface area contributed by atoms with Crippen molar-refractivity contribution in [3.8, 4) is 16.8 Å².